The van der Waals surface area contributed by atoms with Crippen molar-refractivity contribution in [3.8, 4) is 6.07 Å². The van der Waals surface area contributed by atoms with Gasteiger partial charge in [0.1, 0.15) is 5.82 Å². The van der Waals surface area contributed by atoms with E-state index in [0.29, 0.717) is 15.7 Å². The van der Waals surface area contributed by atoms with Gasteiger partial charge in [-0.15, -0.1) is 0 Å². The minimum atomic E-state index is -0.446. The summed E-state index contributed by atoms with van der Waals surface area (Å²) in [5, 5.41) is 22.4. The summed E-state index contributed by atoms with van der Waals surface area (Å²) in [5.74, 6) is 0.412. The molecule has 2 N–H and O–H groups in total. The number of hydrogen-bond acceptors (Lipinski definition) is 3. The molecule has 114 valence electrons. The number of H-pyrrole nitrogens is 1. The standard InChI is InChI=1S/C15H13Br2ClN4/c16-7-15(8-17)11(5-19)13(9-3-1-2-4-12(9)18)10-6-20-22-14(10)21-15/h1-4,6,11,13H,7-8H2,(H2,20,21,22). The number of fused-ring (bicyclic) bond motifs is 1. The van der Waals surface area contributed by atoms with Crippen LogP contribution >= 0.6 is 43.5 Å². The molecule has 2 heterocycles. The molecule has 1 aromatic carbocycles. The Kier molecular flexibility index (Phi) is 4.49. The number of aromatic nitrogens is 2. The van der Waals surface area contributed by atoms with Crippen LogP contribution in [-0.2, 0) is 0 Å². The van der Waals surface area contributed by atoms with Crippen LogP contribution in [0.4, 0.5) is 5.82 Å². The van der Waals surface area contributed by atoms with Crippen molar-refractivity contribution in [2.24, 2.45) is 5.92 Å². The van der Waals surface area contributed by atoms with Gasteiger partial charge in [0.15, 0.2) is 0 Å². The fourth-order valence-corrected chi connectivity index (χ4v) is 5.16. The summed E-state index contributed by atoms with van der Waals surface area (Å²) < 4.78 is 0. The summed E-state index contributed by atoms with van der Waals surface area (Å²) in [6, 6.07) is 10.2. The molecule has 7 heteroatoms. The Balaban J connectivity index is 2.22. The lowest BCUT2D eigenvalue weighted by Crippen LogP contribution is -2.53. The highest BCUT2D eigenvalue weighted by atomic mass is 79.9. The van der Waals surface area contributed by atoms with E-state index in [1.54, 1.807) is 6.20 Å². The summed E-state index contributed by atoms with van der Waals surface area (Å²) in [7, 11) is 0. The predicted octanol–water partition coefficient (Wildman–Crippen LogP) is 4.29. The number of nitrogens with one attached hydrogen (secondary N) is 2. The second kappa shape index (κ2) is 6.23. The highest BCUT2D eigenvalue weighted by molar-refractivity contribution is 9.09. The topological polar surface area (TPSA) is 64.5 Å². The maximum absolute atomic E-state index is 9.87. The van der Waals surface area contributed by atoms with Gasteiger partial charge in [0.25, 0.3) is 0 Å². The maximum Gasteiger partial charge on any atom is 0.125 e. The van der Waals surface area contributed by atoms with E-state index in [-0.39, 0.29) is 11.8 Å². The first-order valence-electron chi connectivity index (χ1n) is 6.74. The van der Waals surface area contributed by atoms with Gasteiger partial charge < -0.3 is 5.32 Å². The van der Waals surface area contributed by atoms with Crippen LogP contribution in [0, 0.1) is 17.2 Å². The van der Waals surface area contributed by atoms with E-state index in [1.807, 2.05) is 24.3 Å². The first-order chi connectivity index (χ1) is 10.7. The summed E-state index contributed by atoms with van der Waals surface area (Å²) >= 11 is 13.5. The van der Waals surface area contributed by atoms with Crippen LogP contribution in [0.5, 0.6) is 0 Å². The van der Waals surface area contributed by atoms with E-state index >= 15 is 0 Å². The van der Waals surface area contributed by atoms with Crippen LogP contribution in [-0.4, -0.2) is 26.4 Å². The molecule has 0 fully saturated rings. The minimum Gasteiger partial charge on any atom is -0.362 e. The summed E-state index contributed by atoms with van der Waals surface area (Å²) in [6.07, 6.45) is 1.77. The lowest BCUT2D eigenvalue weighted by Gasteiger charge is -2.44. The molecule has 0 amide bonds. The van der Waals surface area contributed by atoms with Gasteiger partial charge in [0.05, 0.1) is 23.7 Å². The van der Waals surface area contributed by atoms with Crippen LogP contribution in [0.2, 0.25) is 5.02 Å². The van der Waals surface area contributed by atoms with E-state index in [2.05, 4.69) is 53.4 Å². The molecule has 0 radical (unpaired) electrons. The molecule has 2 atom stereocenters. The molecular formula is C15H13Br2ClN4. The zero-order valence-electron chi connectivity index (χ0n) is 11.5. The number of halogens is 3. The first-order valence-corrected chi connectivity index (χ1v) is 9.36. The Labute approximate surface area is 150 Å². The normalized spacial score (nSPS) is 22.5. The number of benzene rings is 1. The maximum atomic E-state index is 9.87. The summed E-state index contributed by atoms with van der Waals surface area (Å²) in [5.41, 5.74) is 1.47. The molecule has 1 aliphatic rings. The Morgan fingerprint density at radius 3 is 2.64 bits per heavy atom. The van der Waals surface area contributed by atoms with Gasteiger partial charge in [-0.2, -0.15) is 10.4 Å². The van der Waals surface area contributed by atoms with Crippen molar-refractivity contribution in [1.29, 1.82) is 5.26 Å². The third kappa shape index (κ3) is 2.36. The van der Waals surface area contributed by atoms with Gasteiger partial charge in [-0.1, -0.05) is 61.7 Å². The average molecular weight is 445 g/mol. The van der Waals surface area contributed by atoms with Gasteiger partial charge in [0, 0.05) is 27.2 Å². The molecule has 0 bridgehead atoms. The second-order valence-corrected chi connectivity index (χ2v) is 6.88. The molecule has 3 rings (SSSR count). The fraction of sp³-hybridized carbons (Fsp3) is 0.333. The molecule has 1 aromatic heterocycles. The SMILES string of the molecule is N#CC1C(c2ccccc2Cl)c2cn[nH]c2NC1(CBr)CBr. The van der Waals surface area contributed by atoms with Crippen molar-refractivity contribution in [3.63, 3.8) is 0 Å². The molecule has 2 unspecified atom stereocenters. The quantitative estimate of drug-likeness (QED) is 0.695. The number of aromatic amines is 1. The van der Waals surface area contributed by atoms with Gasteiger partial charge in [-0.3, -0.25) is 5.10 Å². The van der Waals surface area contributed by atoms with Crippen LogP contribution < -0.4 is 5.32 Å². The molecule has 0 saturated heterocycles. The fourth-order valence-electron chi connectivity index (χ4n) is 3.00. The monoisotopic (exact) mass is 442 g/mol. The summed E-state index contributed by atoms with van der Waals surface area (Å²) in [4.78, 5) is 0. The lowest BCUT2D eigenvalue weighted by molar-refractivity contribution is 0.390. The summed E-state index contributed by atoms with van der Waals surface area (Å²) in [6.45, 7) is 0. The van der Waals surface area contributed by atoms with E-state index in [4.69, 9.17) is 11.6 Å². The zero-order chi connectivity index (χ0) is 15.7. The lowest BCUT2D eigenvalue weighted by atomic mass is 9.70. The molecule has 1 aliphatic heterocycles. The van der Waals surface area contributed by atoms with E-state index in [0.717, 1.165) is 16.9 Å². The largest absolute Gasteiger partial charge is 0.362 e. The number of nitrogens with zero attached hydrogens (tertiary/aromatic N) is 2. The van der Waals surface area contributed by atoms with Crippen molar-refractivity contribution < 1.29 is 0 Å². The average Bonchev–Trinajstić information content (AvgIpc) is 3.01. The van der Waals surface area contributed by atoms with Crippen molar-refractivity contribution in [2.75, 3.05) is 16.0 Å². The number of rotatable bonds is 3. The Hall–Kier alpha value is -1.03. The molecule has 0 aliphatic carbocycles. The third-order valence-electron chi connectivity index (χ3n) is 4.16. The highest BCUT2D eigenvalue weighted by Crippen LogP contribution is 2.48. The van der Waals surface area contributed by atoms with Gasteiger partial charge >= 0.3 is 0 Å². The predicted molar refractivity (Wildman–Crippen MR) is 94.9 cm³/mol. The van der Waals surface area contributed by atoms with Crippen molar-refractivity contribution >= 4 is 49.3 Å². The van der Waals surface area contributed by atoms with Gasteiger partial charge in [-0.25, -0.2) is 0 Å². The van der Waals surface area contributed by atoms with Gasteiger partial charge in [-0.05, 0) is 11.6 Å². The molecular weight excluding hydrogens is 431 g/mol. The zero-order valence-corrected chi connectivity index (χ0v) is 15.4. The Morgan fingerprint density at radius 1 is 1.27 bits per heavy atom. The van der Waals surface area contributed by atoms with Crippen molar-refractivity contribution in [2.45, 2.75) is 11.5 Å². The number of alkyl halides is 2. The Morgan fingerprint density at radius 2 is 2.00 bits per heavy atom. The first kappa shape index (κ1) is 15.9. The van der Waals surface area contributed by atoms with Crippen molar-refractivity contribution in [3.05, 3.63) is 46.6 Å². The number of anilines is 1. The molecule has 22 heavy (non-hydrogen) atoms. The molecule has 0 spiro atoms. The van der Waals surface area contributed by atoms with E-state index in [1.165, 1.54) is 0 Å². The Bertz CT molecular complexity index is 720. The highest BCUT2D eigenvalue weighted by Gasteiger charge is 2.48. The van der Waals surface area contributed by atoms with Crippen LogP contribution in [0.25, 0.3) is 0 Å². The van der Waals surface area contributed by atoms with Crippen LogP contribution in [0.15, 0.2) is 30.5 Å². The third-order valence-corrected chi connectivity index (χ3v) is 6.51. The number of hydrogen-bond donors (Lipinski definition) is 2. The van der Waals surface area contributed by atoms with E-state index in [9.17, 15) is 5.26 Å². The minimum absolute atomic E-state index is 0.135. The second-order valence-electron chi connectivity index (χ2n) is 5.35. The number of nitriles is 1. The van der Waals surface area contributed by atoms with Crippen LogP contribution in [0.1, 0.15) is 17.0 Å². The smallest absolute Gasteiger partial charge is 0.125 e. The van der Waals surface area contributed by atoms with Crippen LogP contribution in [0.3, 0.4) is 0 Å². The van der Waals surface area contributed by atoms with Gasteiger partial charge in [0.2, 0.25) is 0 Å². The molecule has 0 saturated carbocycles. The molecule has 4 nitrogen and oxygen atoms in total. The van der Waals surface area contributed by atoms with Crippen molar-refractivity contribution in [1.82, 2.24) is 10.2 Å². The molecule has 2 aromatic rings. The van der Waals surface area contributed by atoms with E-state index < -0.39 is 5.54 Å².